The van der Waals surface area contributed by atoms with Gasteiger partial charge in [0, 0.05) is 22.0 Å². The maximum absolute atomic E-state index is 12.2. The van der Waals surface area contributed by atoms with Crippen molar-refractivity contribution in [2.75, 3.05) is 19.5 Å². The lowest BCUT2D eigenvalue weighted by atomic mass is 10.1. The van der Waals surface area contributed by atoms with Crippen LogP contribution in [0.2, 0.25) is 0 Å². The third kappa shape index (κ3) is 2.77. The lowest BCUT2D eigenvalue weighted by molar-refractivity contribution is 0.102. The lowest BCUT2D eigenvalue weighted by Gasteiger charge is -2.10. The van der Waals surface area contributed by atoms with E-state index in [0.29, 0.717) is 22.7 Å². The van der Waals surface area contributed by atoms with Gasteiger partial charge in [-0.15, -0.1) is 11.3 Å². The summed E-state index contributed by atoms with van der Waals surface area (Å²) in [4.78, 5) is 13.4. The van der Waals surface area contributed by atoms with E-state index in [0.717, 1.165) is 10.4 Å². The van der Waals surface area contributed by atoms with E-state index in [1.807, 2.05) is 19.2 Å². The Labute approximate surface area is 122 Å². The number of methoxy groups -OCH3 is 2. The van der Waals surface area contributed by atoms with E-state index in [2.05, 4.69) is 5.32 Å². The number of hydrogen-bond donors (Lipinski definition) is 1. The SMILES string of the molecule is COc1ccc(NC(=O)c2csc(C)c2C)cc1OC. The molecule has 5 heteroatoms. The molecule has 0 radical (unpaired) electrons. The second kappa shape index (κ2) is 5.96. The largest absolute Gasteiger partial charge is 0.493 e. The lowest BCUT2D eigenvalue weighted by Crippen LogP contribution is -2.12. The predicted molar refractivity (Wildman–Crippen MR) is 81.3 cm³/mol. The maximum atomic E-state index is 12.2. The molecule has 4 nitrogen and oxygen atoms in total. The molecule has 0 saturated carbocycles. The third-order valence-electron chi connectivity index (χ3n) is 3.17. The first-order chi connectivity index (χ1) is 9.56. The van der Waals surface area contributed by atoms with Gasteiger partial charge < -0.3 is 14.8 Å². The molecule has 0 aliphatic rings. The second-order valence-electron chi connectivity index (χ2n) is 4.35. The van der Waals surface area contributed by atoms with Crippen molar-refractivity contribution < 1.29 is 14.3 Å². The summed E-state index contributed by atoms with van der Waals surface area (Å²) in [5, 5.41) is 4.75. The van der Waals surface area contributed by atoms with Crippen LogP contribution < -0.4 is 14.8 Å². The van der Waals surface area contributed by atoms with Gasteiger partial charge >= 0.3 is 0 Å². The summed E-state index contributed by atoms with van der Waals surface area (Å²) in [6, 6.07) is 5.29. The van der Waals surface area contributed by atoms with Gasteiger partial charge in [0.1, 0.15) is 0 Å². The molecule has 0 unspecified atom stereocenters. The number of amides is 1. The van der Waals surface area contributed by atoms with E-state index in [4.69, 9.17) is 9.47 Å². The van der Waals surface area contributed by atoms with E-state index in [-0.39, 0.29) is 5.91 Å². The van der Waals surface area contributed by atoms with Crippen LogP contribution in [-0.2, 0) is 0 Å². The molecular weight excluding hydrogens is 274 g/mol. The summed E-state index contributed by atoms with van der Waals surface area (Å²) in [6.45, 7) is 3.96. The van der Waals surface area contributed by atoms with Crippen LogP contribution in [0.1, 0.15) is 20.8 Å². The highest BCUT2D eigenvalue weighted by Crippen LogP contribution is 2.30. The van der Waals surface area contributed by atoms with E-state index < -0.39 is 0 Å². The Hall–Kier alpha value is -2.01. The Kier molecular flexibility index (Phi) is 4.29. The van der Waals surface area contributed by atoms with Crippen molar-refractivity contribution in [3.63, 3.8) is 0 Å². The van der Waals surface area contributed by atoms with Crippen LogP contribution in [0.3, 0.4) is 0 Å². The minimum Gasteiger partial charge on any atom is -0.493 e. The predicted octanol–water partition coefficient (Wildman–Crippen LogP) is 3.63. The number of ether oxygens (including phenoxy) is 2. The quantitative estimate of drug-likeness (QED) is 0.935. The molecule has 0 fully saturated rings. The number of hydrogen-bond acceptors (Lipinski definition) is 4. The average Bonchev–Trinajstić information content (AvgIpc) is 2.79. The number of aryl methyl sites for hydroxylation is 1. The molecule has 20 heavy (non-hydrogen) atoms. The summed E-state index contributed by atoms with van der Waals surface area (Å²) in [5.74, 6) is 1.11. The number of nitrogens with one attached hydrogen (secondary N) is 1. The molecule has 1 heterocycles. The summed E-state index contributed by atoms with van der Waals surface area (Å²) in [7, 11) is 3.14. The molecule has 0 spiro atoms. The van der Waals surface area contributed by atoms with Crippen LogP contribution in [0.4, 0.5) is 5.69 Å². The summed E-state index contributed by atoms with van der Waals surface area (Å²) < 4.78 is 10.4. The zero-order valence-corrected chi connectivity index (χ0v) is 12.8. The standard InChI is InChI=1S/C15H17NO3S/c1-9-10(2)20-8-12(9)15(17)16-11-5-6-13(18-3)14(7-11)19-4/h5-8H,1-4H3,(H,16,17). The fraction of sp³-hybridized carbons (Fsp3) is 0.267. The molecular formula is C15H17NO3S. The maximum Gasteiger partial charge on any atom is 0.256 e. The number of carbonyl (C=O) groups is 1. The molecule has 2 rings (SSSR count). The normalized spacial score (nSPS) is 10.2. The first kappa shape index (κ1) is 14.4. The number of rotatable bonds is 4. The van der Waals surface area contributed by atoms with Crippen molar-refractivity contribution in [1.82, 2.24) is 0 Å². The van der Waals surface area contributed by atoms with Gasteiger partial charge in [-0.3, -0.25) is 4.79 Å². The molecule has 0 aliphatic heterocycles. The second-order valence-corrected chi connectivity index (χ2v) is 5.44. The van der Waals surface area contributed by atoms with Crippen molar-refractivity contribution >= 4 is 22.9 Å². The van der Waals surface area contributed by atoms with Crippen LogP contribution >= 0.6 is 11.3 Å². The van der Waals surface area contributed by atoms with Crippen molar-refractivity contribution in [2.24, 2.45) is 0 Å². The fourth-order valence-electron chi connectivity index (χ4n) is 1.85. The minimum absolute atomic E-state index is 0.112. The zero-order chi connectivity index (χ0) is 14.7. The van der Waals surface area contributed by atoms with Gasteiger partial charge in [-0.25, -0.2) is 0 Å². The molecule has 2 aromatic rings. The highest BCUT2D eigenvalue weighted by atomic mass is 32.1. The number of thiophene rings is 1. The van der Waals surface area contributed by atoms with E-state index in [1.165, 1.54) is 0 Å². The van der Waals surface area contributed by atoms with Crippen molar-refractivity contribution in [1.29, 1.82) is 0 Å². The molecule has 0 atom stereocenters. The molecule has 0 aliphatic carbocycles. The zero-order valence-electron chi connectivity index (χ0n) is 11.9. The van der Waals surface area contributed by atoms with Gasteiger partial charge in [-0.1, -0.05) is 0 Å². The van der Waals surface area contributed by atoms with E-state index in [9.17, 15) is 4.79 Å². The Morgan fingerprint density at radius 2 is 1.85 bits per heavy atom. The first-order valence-corrected chi connectivity index (χ1v) is 7.03. The van der Waals surface area contributed by atoms with Gasteiger partial charge in [0.2, 0.25) is 0 Å². The van der Waals surface area contributed by atoms with Crippen LogP contribution in [-0.4, -0.2) is 20.1 Å². The Morgan fingerprint density at radius 3 is 2.40 bits per heavy atom. The van der Waals surface area contributed by atoms with Crippen LogP contribution in [0, 0.1) is 13.8 Å². The first-order valence-electron chi connectivity index (χ1n) is 6.15. The molecule has 1 amide bonds. The van der Waals surface area contributed by atoms with Gasteiger partial charge in [-0.2, -0.15) is 0 Å². The molecule has 1 aromatic heterocycles. The average molecular weight is 291 g/mol. The smallest absolute Gasteiger partial charge is 0.256 e. The molecule has 0 saturated heterocycles. The summed E-state index contributed by atoms with van der Waals surface area (Å²) in [5.41, 5.74) is 2.41. The molecule has 106 valence electrons. The summed E-state index contributed by atoms with van der Waals surface area (Å²) in [6.07, 6.45) is 0. The van der Waals surface area contributed by atoms with Crippen molar-refractivity contribution in [2.45, 2.75) is 13.8 Å². The van der Waals surface area contributed by atoms with Crippen molar-refractivity contribution in [3.8, 4) is 11.5 Å². The number of benzene rings is 1. The van der Waals surface area contributed by atoms with Crippen LogP contribution in [0.5, 0.6) is 11.5 Å². The van der Waals surface area contributed by atoms with Crippen LogP contribution in [0.15, 0.2) is 23.6 Å². The fourth-order valence-corrected chi connectivity index (χ4v) is 2.72. The third-order valence-corrected chi connectivity index (χ3v) is 4.18. The van der Waals surface area contributed by atoms with Gasteiger partial charge in [0.25, 0.3) is 5.91 Å². The minimum atomic E-state index is -0.112. The Bertz CT molecular complexity index is 634. The van der Waals surface area contributed by atoms with Gasteiger partial charge in [-0.05, 0) is 31.5 Å². The molecule has 1 aromatic carbocycles. The monoisotopic (exact) mass is 291 g/mol. The summed E-state index contributed by atoms with van der Waals surface area (Å²) >= 11 is 1.58. The van der Waals surface area contributed by atoms with E-state index in [1.54, 1.807) is 43.8 Å². The van der Waals surface area contributed by atoms with Crippen molar-refractivity contribution in [3.05, 3.63) is 39.6 Å². The van der Waals surface area contributed by atoms with Gasteiger partial charge in [0.15, 0.2) is 11.5 Å². The highest BCUT2D eigenvalue weighted by molar-refractivity contribution is 7.10. The Morgan fingerprint density at radius 1 is 1.15 bits per heavy atom. The van der Waals surface area contributed by atoms with Crippen LogP contribution in [0.25, 0.3) is 0 Å². The number of anilines is 1. The molecule has 1 N–H and O–H groups in total. The highest BCUT2D eigenvalue weighted by Gasteiger charge is 2.13. The van der Waals surface area contributed by atoms with Gasteiger partial charge in [0.05, 0.1) is 19.8 Å². The topological polar surface area (TPSA) is 47.6 Å². The molecule has 0 bridgehead atoms. The van der Waals surface area contributed by atoms with E-state index >= 15 is 0 Å². The number of carbonyl (C=O) groups excluding carboxylic acids is 1. The Balaban J connectivity index is 2.22.